The van der Waals surface area contributed by atoms with E-state index >= 15 is 0 Å². The van der Waals surface area contributed by atoms with Crippen molar-refractivity contribution in [2.45, 2.75) is 32.0 Å². The monoisotopic (exact) mass is 345 g/mol. The van der Waals surface area contributed by atoms with Crippen LogP contribution < -0.4 is 5.56 Å². The first kappa shape index (κ1) is 18.0. The molecular weight excluding hydrogens is 326 g/mol. The lowest BCUT2D eigenvalue weighted by molar-refractivity contribution is 0.0601. The lowest BCUT2D eigenvalue weighted by Gasteiger charge is -2.14. The Morgan fingerprint density at radius 2 is 2.21 bits per heavy atom. The van der Waals surface area contributed by atoms with E-state index in [1.807, 2.05) is 13.8 Å². The molecule has 7 heteroatoms. The van der Waals surface area contributed by atoms with E-state index in [2.05, 4.69) is 11.1 Å². The number of nitrogens with zero attached hydrogens (tertiary/aromatic N) is 3. The molecule has 24 heavy (non-hydrogen) atoms. The third-order valence-corrected chi connectivity index (χ3v) is 4.31. The average Bonchev–Trinajstić information content (AvgIpc) is 2.56. The molecule has 0 spiro atoms. The van der Waals surface area contributed by atoms with Crippen molar-refractivity contribution in [1.29, 1.82) is 5.26 Å². The normalized spacial score (nSPS) is 10.8. The summed E-state index contributed by atoms with van der Waals surface area (Å²) in [6.45, 7) is 4.61. The molecule has 2 rings (SSSR count). The van der Waals surface area contributed by atoms with Crippen LogP contribution in [0.1, 0.15) is 30.6 Å². The van der Waals surface area contributed by atoms with Gasteiger partial charge in [-0.3, -0.25) is 9.36 Å². The van der Waals surface area contributed by atoms with Crippen LogP contribution >= 0.6 is 11.8 Å². The van der Waals surface area contributed by atoms with Gasteiger partial charge in [-0.2, -0.15) is 5.26 Å². The van der Waals surface area contributed by atoms with E-state index in [0.29, 0.717) is 40.3 Å². The van der Waals surface area contributed by atoms with Crippen LogP contribution in [0.2, 0.25) is 0 Å². The molecule has 0 unspecified atom stereocenters. The van der Waals surface area contributed by atoms with Gasteiger partial charge in [0, 0.05) is 18.7 Å². The summed E-state index contributed by atoms with van der Waals surface area (Å²) in [6, 6.07) is 6.83. The number of aromatic nitrogens is 2. The second-order valence-electron chi connectivity index (χ2n) is 5.68. The molecule has 0 saturated carbocycles. The minimum absolute atomic E-state index is 0.135. The molecular formula is C17H19N3O3S. The highest BCUT2D eigenvalue weighted by Gasteiger charge is 2.15. The molecule has 1 heterocycles. The second-order valence-corrected chi connectivity index (χ2v) is 6.75. The molecule has 2 aromatic rings. The highest BCUT2D eigenvalue weighted by Crippen LogP contribution is 2.20. The summed E-state index contributed by atoms with van der Waals surface area (Å²) in [4.78, 5) is 29.0. The summed E-state index contributed by atoms with van der Waals surface area (Å²) < 4.78 is 6.36. The van der Waals surface area contributed by atoms with Crippen molar-refractivity contribution in [3.8, 4) is 6.07 Å². The van der Waals surface area contributed by atoms with Crippen LogP contribution in [-0.2, 0) is 11.3 Å². The standard InChI is InChI=1S/C17H19N3O3S/c1-11(2)10-20-15(21)13-6-5-12(16(22)23-3)9-14(13)19-17(20)24-8-4-7-18/h5-6,9,11H,4,8,10H2,1-3H3. The number of ether oxygens (including phenoxy) is 1. The first-order chi connectivity index (χ1) is 11.5. The molecule has 0 aliphatic carbocycles. The Bertz CT molecular complexity index is 853. The second kappa shape index (κ2) is 7.97. The number of hydrogen-bond acceptors (Lipinski definition) is 6. The van der Waals surface area contributed by atoms with Crippen LogP contribution in [-0.4, -0.2) is 28.4 Å². The molecule has 126 valence electrons. The maximum atomic E-state index is 12.8. The van der Waals surface area contributed by atoms with Crippen molar-refractivity contribution in [3.05, 3.63) is 34.1 Å². The summed E-state index contributed by atoms with van der Waals surface area (Å²) in [5.41, 5.74) is 0.679. The summed E-state index contributed by atoms with van der Waals surface area (Å²) >= 11 is 1.38. The van der Waals surface area contributed by atoms with Crippen LogP contribution in [0.25, 0.3) is 10.9 Å². The summed E-state index contributed by atoms with van der Waals surface area (Å²) in [5, 5.41) is 9.74. The number of esters is 1. The largest absolute Gasteiger partial charge is 0.465 e. The van der Waals surface area contributed by atoms with Crippen molar-refractivity contribution < 1.29 is 9.53 Å². The van der Waals surface area contributed by atoms with Crippen molar-refractivity contribution in [2.75, 3.05) is 12.9 Å². The highest BCUT2D eigenvalue weighted by molar-refractivity contribution is 7.99. The van der Waals surface area contributed by atoms with E-state index in [-0.39, 0.29) is 11.5 Å². The molecule has 0 atom stereocenters. The molecule has 0 radical (unpaired) electrons. The van der Waals surface area contributed by atoms with Crippen molar-refractivity contribution >= 4 is 28.6 Å². The average molecular weight is 345 g/mol. The van der Waals surface area contributed by atoms with Crippen LogP contribution in [0.15, 0.2) is 28.2 Å². The zero-order chi connectivity index (χ0) is 17.7. The minimum Gasteiger partial charge on any atom is -0.465 e. The first-order valence-electron chi connectivity index (χ1n) is 7.60. The maximum absolute atomic E-state index is 12.8. The SMILES string of the molecule is COC(=O)c1ccc2c(=O)n(CC(C)C)c(SCCC#N)nc2c1. The lowest BCUT2D eigenvalue weighted by Crippen LogP contribution is -2.25. The first-order valence-corrected chi connectivity index (χ1v) is 8.59. The number of rotatable bonds is 6. The Hall–Kier alpha value is -2.33. The third-order valence-electron chi connectivity index (χ3n) is 3.33. The van der Waals surface area contributed by atoms with Gasteiger partial charge in [-0.05, 0) is 24.1 Å². The van der Waals surface area contributed by atoms with E-state index < -0.39 is 5.97 Å². The Morgan fingerprint density at radius 3 is 2.83 bits per heavy atom. The fourth-order valence-electron chi connectivity index (χ4n) is 2.27. The van der Waals surface area contributed by atoms with Gasteiger partial charge in [0.1, 0.15) is 0 Å². The molecule has 0 saturated heterocycles. The number of carbonyl (C=O) groups excluding carboxylic acids is 1. The van der Waals surface area contributed by atoms with Crippen LogP contribution in [0.5, 0.6) is 0 Å². The topological polar surface area (TPSA) is 85.0 Å². The van der Waals surface area contributed by atoms with Crippen LogP contribution in [0.4, 0.5) is 0 Å². The molecule has 1 aromatic carbocycles. The summed E-state index contributed by atoms with van der Waals surface area (Å²) in [6.07, 6.45) is 0.377. The quantitative estimate of drug-likeness (QED) is 0.346. The summed E-state index contributed by atoms with van der Waals surface area (Å²) in [5.74, 6) is 0.374. The third kappa shape index (κ3) is 3.95. The van der Waals surface area contributed by atoms with Gasteiger partial charge in [0.25, 0.3) is 5.56 Å². The van der Waals surface area contributed by atoms with Gasteiger partial charge in [-0.1, -0.05) is 25.6 Å². The smallest absolute Gasteiger partial charge is 0.337 e. The number of benzene rings is 1. The Balaban J connectivity index is 2.58. The molecule has 0 aliphatic rings. The molecule has 1 aromatic heterocycles. The van der Waals surface area contributed by atoms with Crippen molar-refractivity contribution in [1.82, 2.24) is 9.55 Å². The van der Waals surface area contributed by atoms with Crippen LogP contribution in [0.3, 0.4) is 0 Å². The Labute approximate surface area is 144 Å². The number of fused-ring (bicyclic) bond motifs is 1. The fourth-order valence-corrected chi connectivity index (χ4v) is 3.12. The van der Waals surface area contributed by atoms with Gasteiger partial charge in [0.05, 0.1) is 29.6 Å². The molecule has 0 N–H and O–H groups in total. The van der Waals surface area contributed by atoms with E-state index in [1.54, 1.807) is 22.8 Å². The van der Waals surface area contributed by atoms with E-state index in [4.69, 9.17) is 10.00 Å². The Kier molecular flexibility index (Phi) is 5.99. The molecule has 6 nitrogen and oxygen atoms in total. The summed E-state index contributed by atoms with van der Waals surface area (Å²) in [7, 11) is 1.31. The Morgan fingerprint density at radius 1 is 1.46 bits per heavy atom. The molecule has 0 amide bonds. The zero-order valence-electron chi connectivity index (χ0n) is 13.9. The molecule has 0 bridgehead atoms. The van der Waals surface area contributed by atoms with Crippen molar-refractivity contribution in [2.24, 2.45) is 5.92 Å². The number of methoxy groups -OCH3 is 1. The molecule has 0 aliphatic heterocycles. The van der Waals surface area contributed by atoms with E-state index in [9.17, 15) is 9.59 Å². The number of nitriles is 1. The lowest BCUT2D eigenvalue weighted by atomic mass is 10.1. The van der Waals surface area contributed by atoms with E-state index in [1.165, 1.54) is 18.9 Å². The fraction of sp³-hybridized carbons (Fsp3) is 0.412. The number of carbonyl (C=O) groups is 1. The van der Waals surface area contributed by atoms with Gasteiger partial charge in [0.15, 0.2) is 5.16 Å². The minimum atomic E-state index is -0.469. The predicted molar refractivity (Wildman–Crippen MR) is 93.1 cm³/mol. The van der Waals surface area contributed by atoms with Crippen molar-refractivity contribution in [3.63, 3.8) is 0 Å². The zero-order valence-corrected chi connectivity index (χ0v) is 14.7. The number of hydrogen-bond donors (Lipinski definition) is 0. The van der Waals surface area contributed by atoms with Gasteiger partial charge in [-0.25, -0.2) is 9.78 Å². The molecule has 0 fully saturated rings. The number of thioether (sulfide) groups is 1. The maximum Gasteiger partial charge on any atom is 0.337 e. The van der Waals surface area contributed by atoms with Crippen LogP contribution in [0, 0.1) is 17.2 Å². The van der Waals surface area contributed by atoms with E-state index in [0.717, 1.165) is 0 Å². The van der Waals surface area contributed by atoms with Gasteiger partial charge < -0.3 is 4.74 Å². The van der Waals surface area contributed by atoms with Gasteiger partial charge in [0.2, 0.25) is 0 Å². The van der Waals surface area contributed by atoms with Gasteiger partial charge >= 0.3 is 5.97 Å². The van der Waals surface area contributed by atoms with Gasteiger partial charge in [-0.15, -0.1) is 0 Å². The highest BCUT2D eigenvalue weighted by atomic mass is 32.2. The predicted octanol–water partition coefficient (Wildman–Crippen LogP) is 2.84.